The van der Waals surface area contributed by atoms with Crippen LogP contribution in [-0.2, 0) is 0 Å². The molecule has 82 valence electrons. The standard InChI is InChI=1S/C10H14BrN3O/c11-7-5-12-10(13-6-7)14-8-3-1-2-4-9(8)15/h5-6,8-9,15H,1-4H2,(H,12,13,14)/t8-,9-/m1/s1. The van der Waals surface area contributed by atoms with Crippen LogP contribution >= 0.6 is 15.9 Å². The summed E-state index contributed by atoms with van der Waals surface area (Å²) in [7, 11) is 0. The fourth-order valence-electron chi connectivity index (χ4n) is 1.83. The van der Waals surface area contributed by atoms with Gasteiger partial charge in [0.1, 0.15) is 0 Å². The van der Waals surface area contributed by atoms with E-state index >= 15 is 0 Å². The summed E-state index contributed by atoms with van der Waals surface area (Å²) in [6.07, 6.45) is 7.25. The zero-order valence-electron chi connectivity index (χ0n) is 8.36. The molecule has 0 aliphatic heterocycles. The summed E-state index contributed by atoms with van der Waals surface area (Å²) in [6, 6.07) is 0.0972. The minimum Gasteiger partial charge on any atom is -0.391 e. The second-order valence-electron chi connectivity index (χ2n) is 3.83. The SMILES string of the molecule is O[C@@H]1CCCC[C@H]1Nc1ncc(Br)cn1. The maximum atomic E-state index is 9.76. The monoisotopic (exact) mass is 271 g/mol. The highest BCUT2D eigenvalue weighted by atomic mass is 79.9. The first-order valence-corrected chi connectivity index (χ1v) is 5.97. The molecule has 0 saturated heterocycles. The number of rotatable bonds is 2. The number of aliphatic hydroxyl groups is 1. The van der Waals surface area contributed by atoms with E-state index in [-0.39, 0.29) is 12.1 Å². The normalized spacial score (nSPS) is 26.3. The number of nitrogens with zero attached hydrogens (tertiary/aromatic N) is 2. The van der Waals surface area contributed by atoms with Gasteiger partial charge in [0, 0.05) is 12.4 Å². The Morgan fingerprint density at radius 3 is 2.60 bits per heavy atom. The van der Waals surface area contributed by atoms with Crippen LogP contribution in [0.5, 0.6) is 0 Å². The van der Waals surface area contributed by atoms with Crippen molar-refractivity contribution in [2.24, 2.45) is 0 Å². The van der Waals surface area contributed by atoms with Gasteiger partial charge < -0.3 is 10.4 Å². The third-order valence-corrected chi connectivity index (χ3v) is 3.07. The Kier molecular flexibility index (Phi) is 3.53. The minimum atomic E-state index is -0.272. The molecule has 1 aromatic heterocycles. The van der Waals surface area contributed by atoms with Crippen LogP contribution in [0, 0.1) is 0 Å². The van der Waals surface area contributed by atoms with Crippen LogP contribution in [0.25, 0.3) is 0 Å². The fraction of sp³-hybridized carbons (Fsp3) is 0.600. The van der Waals surface area contributed by atoms with E-state index in [2.05, 4.69) is 31.2 Å². The molecule has 2 rings (SSSR count). The average Bonchev–Trinajstić information content (AvgIpc) is 2.25. The van der Waals surface area contributed by atoms with Crippen LogP contribution in [0.15, 0.2) is 16.9 Å². The molecule has 15 heavy (non-hydrogen) atoms. The van der Waals surface area contributed by atoms with Crippen molar-refractivity contribution < 1.29 is 5.11 Å². The Morgan fingerprint density at radius 2 is 1.93 bits per heavy atom. The molecule has 5 heteroatoms. The number of hydrogen-bond donors (Lipinski definition) is 2. The topological polar surface area (TPSA) is 58.0 Å². The molecule has 1 fully saturated rings. The summed E-state index contributed by atoms with van der Waals surface area (Å²) in [5.74, 6) is 0.587. The Hall–Kier alpha value is -0.680. The Labute approximate surface area is 97.3 Å². The zero-order chi connectivity index (χ0) is 10.7. The van der Waals surface area contributed by atoms with Gasteiger partial charge in [-0.2, -0.15) is 0 Å². The van der Waals surface area contributed by atoms with Crippen LogP contribution in [0.4, 0.5) is 5.95 Å². The van der Waals surface area contributed by atoms with E-state index in [4.69, 9.17) is 0 Å². The maximum Gasteiger partial charge on any atom is 0.222 e. The van der Waals surface area contributed by atoms with Crippen LogP contribution in [-0.4, -0.2) is 27.2 Å². The molecule has 2 atom stereocenters. The van der Waals surface area contributed by atoms with Gasteiger partial charge >= 0.3 is 0 Å². The summed E-state index contributed by atoms with van der Waals surface area (Å²) in [5, 5.41) is 12.9. The zero-order valence-corrected chi connectivity index (χ0v) is 9.94. The Balaban J connectivity index is 1.98. The van der Waals surface area contributed by atoms with Crippen molar-refractivity contribution >= 4 is 21.9 Å². The first kappa shape index (κ1) is 10.8. The van der Waals surface area contributed by atoms with Gasteiger partial charge in [-0.15, -0.1) is 0 Å². The molecule has 1 saturated carbocycles. The molecule has 1 aromatic rings. The smallest absolute Gasteiger partial charge is 0.222 e. The van der Waals surface area contributed by atoms with Crippen molar-refractivity contribution in [3.8, 4) is 0 Å². The lowest BCUT2D eigenvalue weighted by atomic mass is 9.93. The summed E-state index contributed by atoms with van der Waals surface area (Å²) in [4.78, 5) is 8.25. The summed E-state index contributed by atoms with van der Waals surface area (Å²) >= 11 is 3.28. The van der Waals surface area contributed by atoms with E-state index in [9.17, 15) is 5.11 Å². The van der Waals surface area contributed by atoms with Crippen LogP contribution in [0.3, 0.4) is 0 Å². The summed E-state index contributed by atoms with van der Waals surface area (Å²) in [6.45, 7) is 0. The number of anilines is 1. The first-order valence-electron chi connectivity index (χ1n) is 5.18. The molecule has 1 heterocycles. The lowest BCUT2D eigenvalue weighted by molar-refractivity contribution is 0.116. The van der Waals surface area contributed by atoms with Crippen LogP contribution in [0.1, 0.15) is 25.7 Å². The average molecular weight is 272 g/mol. The molecular formula is C10H14BrN3O. The van der Waals surface area contributed by atoms with Gasteiger partial charge in [0.15, 0.2) is 0 Å². The van der Waals surface area contributed by atoms with Crippen molar-refractivity contribution in [3.63, 3.8) is 0 Å². The summed E-state index contributed by atoms with van der Waals surface area (Å²) in [5.41, 5.74) is 0. The van der Waals surface area contributed by atoms with Crippen LogP contribution < -0.4 is 5.32 Å². The number of halogens is 1. The largest absolute Gasteiger partial charge is 0.391 e. The summed E-state index contributed by atoms with van der Waals surface area (Å²) < 4.78 is 0.859. The van der Waals surface area contributed by atoms with Crippen molar-refractivity contribution in [2.75, 3.05) is 5.32 Å². The molecule has 1 aliphatic carbocycles. The van der Waals surface area contributed by atoms with Crippen molar-refractivity contribution in [3.05, 3.63) is 16.9 Å². The first-order chi connectivity index (χ1) is 7.25. The van der Waals surface area contributed by atoms with E-state index in [0.717, 1.165) is 30.2 Å². The molecule has 0 aromatic carbocycles. The third kappa shape index (κ3) is 2.89. The number of aliphatic hydroxyl groups excluding tert-OH is 1. The van der Waals surface area contributed by atoms with Crippen LogP contribution in [0.2, 0.25) is 0 Å². The Bertz CT molecular complexity index is 317. The minimum absolute atomic E-state index is 0.0972. The third-order valence-electron chi connectivity index (χ3n) is 2.66. The van der Waals surface area contributed by atoms with E-state index in [0.29, 0.717) is 5.95 Å². The van der Waals surface area contributed by atoms with Gasteiger partial charge in [-0.05, 0) is 28.8 Å². The molecule has 0 spiro atoms. The van der Waals surface area contributed by atoms with Gasteiger partial charge in [-0.3, -0.25) is 0 Å². The maximum absolute atomic E-state index is 9.76. The molecular weight excluding hydrogens is 258 g/mol. The predicted octanol–water partition coefficient (Wildman–Crippen LogP) is 1.95. The Morgan fingerprint density at radius 1 is 1.27 bits per heavy atom. The second kappa shape index (κ2) is 4.90. The van der Waals surface area contributed by atoms with Gasteiger partial charge in [0.05, 0.1) is 16.6 Å². The number of nitrogens with one attached hydrogen (secondary N) is 1. The quantitative estimate of drug-likeness (QED) is 0.864. The predicted molar refractivity (Wildman–Crippen MR) is 61.6 cm³/mol. The fourth-order valence-corrected chi connectivity index (χ4v) is 2.04. The van der Waals surface area contributed by atoms with E-state index in [1.54, 1.807) is 12.4 Å². The van der Waals surface area contributed by atoms with Crippen molar-refractivity contribution in [1.82, 2.24) is 9.97 Å². The molecule has 1 aliphatic rings. The van der Waals surface area contributed by atoms with E-state index in [1.165, 1.54) is 0 Å². The van der Waals surface area contributed by atoms with Gasteiger partial charge in [0.25, 0.3) is 0 Å². The molecule has 0 radical (unpaired) electrons. The van der Waals surface area contributed by atoms with E-state index in [1.807, 2.05) is 0 Å². The highest BCUT2D eigenvalue weighted by Gasteiger charge is 2.23. The highest BCUT2D eigenvalue weighted by molar-refractivity contribution is 9.10. The molecule has 0 unspecified atom stereocenters. The van der Waals surface area contributed by atoms with Crippen molar-refractivity contribution in [1.29, 1.82) is 0 Å². The lowest BCUT2D eigenvalue weighted by Gasteiger charge is -2.28. The number of aromatic nitrogens is 2. The molecule has 4 nitrogen and oxygen atoms in total. The van der Waals surface area contributed by atoms with E-state index < -0.39 is 0 Å². The molecule has 0 amide bonds. The lowest BCUT2D eigenvalue weighted by Crippen LogP contribution is -2.36. The van der Waals surface area contributed by atoms with Crippen molar-refractivity contribution in [2.45, 2.75) is 37.8 Å². The number of hydrogen-bond acceptors (Lipinski definition) is 4. The molecule has 0 bridgehead atoms. The highest BCUT2D eigenvalue weighted by Crippen LogP contribution is 2.21. The second-order valence-corrected chi connectivity index (χ2v) is 4.74. The molecule has 2 N–H and O–H groups in total. The van der Waals surface area contributed by atoms with Gasteiger partial charge in [-0.1, -0.05) is 12.8 Å². The van der Waals surface area contributed by atoms with Gasteiger partial charge in [-0.25, -0.2) is 9.97 Å². The van der Waals surface area contributed by atoms with Gasteiger partial charge in [0.2, 0.25) is 5.95 Å².